The van der Waals surface area contributed by atoms with Crippen molar-refractivity contribution in [2.24, 2.45) is 0 Å². The van der Waals surface area contributed by atoms with E-state index in [9.17, 15) is 23.8 Å². The third kappa shape index (κ3) is 15.6. The van der Waals surface area contributed by atoms with Gasteiger partial charge in [-0.05, 0) is 106 Å². The predicted octanol–water partition coefficient (Wildman–Crippen LogP) is 11.4. The van der Waals surface area contributed by atoms with E-state index in [0.29, 0.717) is 87.8 Å². The summed E-state index contributed by atoms with van der Waals surface area (Å²) in [5, 5.41) is 3.29. The number of carbonyl (C=O) groups is 3. The second-order valence-corrected chi connectivity index (χ2v) is 32.6. The summed E-state index contributed by atoms with van der Waals surface area (Å²) in [6.07, 6.45) is 10.1. The van der Waals surface area contributed by atoms with Gasteiger partial charge in [-0.25, -0.2) is 9.59 Å². The molecule has 2 heterocycles. The SMILES string of the molecule is CCC(=CCc1c(CC)c(C)c2c(c1OCC[Si](C)(C)C)C(=O)OC2)CNCCP(=O)(O)OC(C)CC.CCC(C=O)=CCc1c(CC)c(C)c2c(c1OCC[Si](C)(C)C)C(=O)OC2. The van der Waals surface area contributed by atoms with Crippen LogP contribution >= 0.6 is 7.60 Å². The Hall–Kier alpha value is -3.33. The Labute approximate surface area is 387 Å². The fourth-order valence-corrected chi connectivity index (χ4v) is 10.5. The van der Waals surface area contributed by atoms with Crippen LogP contribution in [0.1, 0.15) is 126 Å². The molecule has 0 bridgehead atoms. The van der Waals surface area contributed by atoms with Crippen LogP contribution in [0.15, 0.2) is 23.3 Å². The smallest absolute Gasteiger partial charge is 0.342 e. The quantitative estimate of drug-likeness (QED) is 0.0186. The summed E-state index contributed by atoms with van der Waals surface area (Å²) in [4.78, 5) is 46.4. The van der Waals surface area contributed by atoms with Crippen molar-refractivity contribution in [1.29, 1.82) is 0 Å². The van der Waals surface area contributed by atoms with Crippen molar-refractivity contribution < 1.29 is 47.3 Å². The molecule has 358 valence electrons. The van der Waals surface area contributed by atoms with Gasteiger partial charge in [-0.3, -0.25) is 9.36 Å². The first kappa shape index (κ1) is 55.0. The number of hydrogen-bond acceptors (Lipinski definition) is 10. The van der Waals surface area contributed by atoms with Gasteiger partial charge in [-0.15, -0.1) is 0 Å². The number of ether oxygens (including phenoxy) is 4. The van der Waals surface area contributed by atoms with E-state index in [4.69, 9.17) is 23.5 Å². The normalized spacial score (nSPS) is 15.4. The number of rotatable bonds is 25. The van der Waals surface area contributed by atoms with Gasteiger partial charge in [-0.2, -0.15) is 0 Å². The molecule has 2 aliphatic rings. The molecule has 14 heteroatoms. The van der Waals surface area contributed by atoms with E-state index in [2.05, 4.69) is 85.3 Å². The highest BCUT2D eigenvalue weighted by atomic mass is 31.2. The Kier molecular flexibility index (Phi) is 21.5. The van der Waals surface area contributed by atoms with Crippen molar-refractivity contribution in [3.05, 3.63) is 78.9 Å². The van der Waals surface area contributed by atoms with Crippen LogP contribution in [-0.2, 0) is 62.3 Å². The molecule has 0 aromatic heterocycles. The zero-order chi connectivity index (χ0) is 48.0. The highest BCUT2D eigenvalue weighted by Crippen LogP contribution is 2.43. The van der Waals surface area contributed by atoms with Crippen LogP contribution in [0.4, 0.5) is 0 Å². The number of aldehydes is 1. The Balaban J connectivity index is 0.000000357. The molecule has 0 saturated carbocycles. The molecule has 2 aromatic rings. The Morgan fingerprint density at radius 1 is 0.766 bits per heavy atom. The molecular weight excluding hydrogens is 862 g/mol. The van der Waals surface area contributed by atoms with Crippen molar-refractivity contribution in [2.45, 2.75) is 171 Å². The fourth-order valence-electron chi connectivity index (χ4n) is 7.85. The van der Waals surface area contributed by atoms with Gasteiger partial charge in [0, 0.05) is 51.5 Å². The molecule has 0 aliphatic carbocycles. The average molecular weight is 942 g/mol. The lowest BCUT2D eigenvalue weighted by Gasteiger charge is -2.22. The van der Waals surface area contributed by atoms with Crippen LogP contribution in [0.25, 0.3) is 0 Å². The van der Waals surface area contributed by atoms with E-state index in [0.717, 1.165) is 76.6 Å². The number of allylic oxidation sites excluding steroid dienone is 3. The summed E-state index contributed by atoms with van der Waals surface area (Å²) in [5.41, 5.74) is 11.8. The van der Waals surface area contributed by atoms with Gasteiger partial charge in [0.05, 0.1) is 25.5 Å². The van der Waals surface area contributed by atoms with Gasteiger partial charge in [0.25, 0.3) is 0 Å². The number of cyclic esters (lactones) is 2. The van der Waals surface area contributed by atoms with Crippen molar-refractivity contribution in [3.63, 3.8) is 0 Å². The summed E-state index contributed by atoms with van der Waals surface area (Å²) in [7, 11) is -6.14. The lowest BCUT2D eigenvalue weighted by atomic mass is 9.89. The lowest BCUT2D eigenvalue weighted by Crippen LogP contribution is -2.23. The molecule has 2 N–H and O–H groups in total. The van der Waals surface area contributed by atoms with Crippen LogP contribution in [0, 0.1) is 13.8 Å². The average Bonchev–Trinajstić information content (AvgIpc) is 3.81. The van der Waals surface area contributed by atoms with E-state index >= 15 is 0 Å². The highest BCUT2D eigenvalue weighted by molar-refractivity contribution is 7.52. The molecule has 0 spiro atoms. The maximum absolute atomic E-state index is 12.7. The first-order valence-electron chi connectivity index (χ1n) is 23.5. The van der Waals surface area contributed by atoms with Crippen LogP contribution < -0.4 is 14.8 Å². The second kappa shape index (κ2) is 25.0. The highest BCUT2D eigenvalue weighted by Gasteiger charge is 2.34. The molecule has 0 saturated heterocycles. The largest absolute Gasteiger partial charge is 0.493 e. The summed E-state index contributed by atoms with van der Waals surface area (Å²) in [6, 6.07) is 2.04. The van der Waals surface area contributed by atoms with E-state index in [1.54, 1.807) is 0 Å². The molecule has 2 atom stereocenters. The number of carbonyl (C=O) groups excluding carboxylic acids is 3. The maximum atomic E-state index is 12.7. The lowest BCUT2D eigenvalue weighted by molar-refractivity contribution is -0.105. The third-order valence-corrected chi connectivity index (χ3v) is 17.1. The molecule has 2 aliphatic heterocycles. The summed E-state index contributed by atoms with van der Waals surface area (Å²) >= 11 is 0. The van der Waals surface area contributed by atoms with E-state index in [1.165, 1.54) is 16.7 Å². The number of nitrogens with one attached hydrogen (secondary N) is 1. The van der Waals surface area contributed by atoms with Gasteiger partial charge < -0.3 is 33.7 Å². The standard InChI is InChI=1S/C28H48NO6PSi.C22H32O4Si/c1-9-20(4)35-36(31,32)16-14-29-18-22(10-2)12-13-24-23(11-3)21(5)25-19-34-28(30)26(25)27(24)33-15-17-37(6,7)8;1-7-16(13-23)9-10-18-17(8-2)15(3)19-14-26-22(24)20(19)21(18)25-11-12-27(4,5)6/h12,20,29H,9-11,13-19H2,1-8H3,(H,31,32);9,13H,7-8,10-12,14H2,1-6H3. The second-order valence-electron chi connectivity index (χ2n) is 19.4. The minimum absolute atomic E-state index is 0.0789. The van der Waals surface area contributed by atoms with Gasteiger partial charge >= 0.3 is 19.5 Å². The molecule has 2 unspecified atom stereocenters. The summed E-state index contributed by atoms with van der Waals surface area (Å²) in [6.45, 7) is 32.9. The minimum Gasteiger partial charge on any atom is -0.493 e. The fraction of sp³-hybridized carbons (Fsp3) is 0.620. The topological polar surface area (TPSA) is 147 Å². The Morgan fingerprint density at radius 2 is 1.23 bits per heavy atom. The third-order valence-electron chi connectivity index (χ3n) is 12.2. The zero-order valence-electron chi connectivity index (χ0n) is 41.7. The van der Waals surface area contributed by atoms with Crippen LogP contribution in [-0.4, -0.2) is 77.8 Å². The number of benzene rings is 2. The molecular formula is C50H80NO10PSi2. The van der Waals surface area contributed by atoms with Crippen LogP contribution in [0.2, 0.25) is 51.4 Å². The van der Waals surface area contributed by atoms with Gasteiger partial charge in [0.15, 0.2) is 0 Å². The van der Waals surface area contributed by atoms with Crippen LogP contribution in [0.5, 0.6) is 11.5 Å². The molecule has 64 heavy (non-hydrogen) atoms. The predicted molar refractivity (Wildman–Crippen MR) is 265 cm³/mol. The Bertz CT molecular complexity index is 2060. The van der Waals surface area contributed by atoms with Crippen molar-refractivity contribution in [3.8, 4) is 11.5 Å². The Morgan fingerprint density at radius 3 is 1.62 bits per heavy atom. The summed E-state index contributed by atoms with van der Waals surface area (Å²) < 4.78 is 40.9. The van der Waals surface area contributed by atoms with Crippen molar-refractivity contribution in [2.75, 3.05) is 32.5 Å². The number of fused-ring (bicyclic) bond motifs is 2. The van der Waals surface area contributed by atoms with Crippen LogP contribution in [0.3, 0.4) is 0 Å². The number of hydrogen-bond donors (Lipinski definition) is 2. The molecule has 11 nitrogen and oxygen atoms in total. The van der Waals surface area contributed by atoms with Crippen molar-refractivity contribution in [1.82, 2.24) is 5.32 Å². The number of esters is 2. The first-order valence-corrected chi connectivity index (χ1v) is 32.7. The van der Waals surface area contributed by atoms with E-state index in [-0.39, 0.29) is 24.2 Å². The first-order chi connectivity index (χ1) is 30.1. The van der Waals surface area contributed by atoms with Gasteiger partial charge in [0.1, 0.15) is 42.1 Å². The molecule has 0 amide bonds. The van der Waals surface area contributed by atoms with E-state index < -0.39 is 23.7 Å². The molecule has 0 fully saturated rings. The van der Waals surface area contributed by atoms with Gasteiger partial charge in [0.2, 0.25) is 0 Å². The van der Waals surface area contributed by atoms with Crippen molar-refractivity contribution >= 4 is 42.0 Å². The zero-order valence-corrected chi connectivity index (χ0v) is 44.6. The monoisotopic (exact) mass is 942 g/mol. The van der Waals surface area contributed by atoms with Gasteiger partial charge in [-0.1, -0.05) is 91.6 Å². The molecule has 2 aromatic carbocycles. The maximum Gasteiger partial charge on any atom is 0.342 e. The minimum atomic E-state index is -3.60. The van der Waals surface area contributed by atoms with E-state index in [1.807, 2.05) is 26.8 Å². The molecule has 4 rings (SSSR count). The molecule has 0 radical (unpaired) electrons. The summed E-state index contributed by atoms with van der Waals surface area (Å²) in [5.74, 6) is 0.779.